The van der Waals surface area contributed by atoms with Gasteiger partial charge in [0.15, 0.2) is 0 Å². The first kappa shape index (κ1) is 28.7. The van der Waals surface area contributed by atoms with E-state index >= 15 is 0 Å². The minimum Gasteiger partial charge on any atom is -0.467 e. The van der Waals surface area contributed by atoms with Crippen molar-refractivity contribution in [2.24, 2.45) is 0 Å². The van der Waals surface area contributed by atoms with Gasteiger partial charge in [0, 0.05) is 18.8 Å². The van der Waals surface area contributed by atoms with Gasteiger partial charge in [-0.2, -0.15) is 0 Å². The first-order valence-electron chi connectivity index (χ1n) is 11.0. The Labute approximate surface area is 240 Å². The predicted octanol–water partition coefficient (Wildman–Crippen LogP) is 5.15. The third-order valence-corrected chi connectivity index (χ3v) is 8.24. The van der Waals surface area contributed by atoms with Crippen LogP contribution in [0.5, 0.6) is 0 Å². The fraction of sp³-hybridized carbons (Fsp3) is 0.120. The standard InChI is InChI=1S/C25H18BrCl2FN4O5S/c1-38-25(35)21(10-13-5-6-18(29)15(26)9-13)32-24(34)14-11-16(27)17(28)12-20(14)33-39(36,37)22-4-2-3-19-23(22)31-8-7-30-19/h2-9,11-12,21,33H,10H2,1H3,(H,32,34). The number of benzene rings is 3. The van der Waals surface area contributed by atoms with Crippen LogP contribution in [-0.4, -0.2) is 43.4 Å². The smallest absolute Gasteiger partial charge is 0.328 e. The summed E-state index contributed by atoms with van der Waals surface area (Å²) < 4.78 is 47.7. The van der Waals surface area contributed by atoms with E-state index in [0.717, 1.165) is 7.11 Å². The molecule has 0 radical (unpaired) electrons. The quantitative estimate of drug-likeness (QED) is 0.251. The van der Waals surface area contributed by atoms with Gasteiger partial charge >= 0.3 is 5.97 Å². The summed E-state index contributed by atoms with van der Waals surface area (Å²) in [5.41, 5.74) is 0.575. The Balaban J connectivity index is 1.68. The number of sulfonamides is 1. The number of aromatic nitrogens is 2. The van der Waals surface area contributed by atoms with E-state index in [4.69, 9.17) is 27.9 Å². The highest BCUT2D eigenvalue weighted by atomic mass is 79.9. The van der Waals surface area contributed by atoms with Crippen molar-refractivity contribution in [1.82, 2.24) is 15.3 Å². The maximum absolute atomic E-state index is 13.7. The lowest BCUT2D eigenvalue weighted by atomic mass is 10.0. The molecule has 0 spiro atoms. The molecule has 2 N–H and O–H groups in total. The maximum Gasteiger partial charge on any atom is 0.328 e. The lowest BCUT2D eigenvalue weighted by Crippen LogP contribution is -2.43. The van der Waals surface area contributed by atoms with E-state index in [0.29, 0.717) is 11.1 Å². The number of ether oxygens (including phenoxy) is 1. The van der Waals surface area contributed by atoms with E-state index in [1.165, 1.54) is 54.9 Å². The predicted molar refractivity (Wildman–Crippen MR) is 148 cm³/mol. The number of para-hydroxylation sites is 1. The zero-order valence-electron chi connectivity index (χ0n) is 19.9. The van der Waals surface area contributed by atoms with Gasteiger partial charge in [-0.25, -0.2) is 17.6 Å². The molecule has 0 bridgehead atoms. The lowest BCUT2D eigenvalue weighted by Gasteiger charge is -2.19. The van der Waals surface area contributed by atoms with Gasteiger partial charge < -0.3 is 10.1 Å². The molecule has 9 nitrogen and oxygen atoms in total. The van der Waals surface area contributed by atoms with Crippen molar-refractivity contribution in [1.29, 1.82) is 0 Å². The van der Waals surface area contributed by atoms with Gasteiger partial charge in [0.1, 0.15) is 22.3 Å². The van der Waals surface area contributed by atoms with Crippen molar-refractivity contribution in [2.45, 2.75) is 17.4 Å². The number of hydrogen-bond acceptors (Lipinski definition) is 7. The minimum absolute atomic E-state index is 0.0238. The number of anilines is 1. The Hall–Kier alpha value is -3.32. The first-order chi connectivity index (χ1) is 18.5. The molecular weight excluding hydrogens is 638 g/mol. The molecule has 1 amide bonds. The number of halogens is 4. The van der Waals surface area contributed by atoms with Crippen molar-refractivity contribution < 1.29 is 27.1 Å². The van der Waals surface area contributed by atoms with Crippen LogP contribution in [0.2, 0.25) is 10.0 Å². The highest BCUT2D eigenvalue weighted by Crippen LogP contribution is 2.32. The summed E-state index contributed by atoms with van der Waals surface area (Å²) in [6, 6.07) is 9.71. The zero-order chi connectivity index (χ0) is 28.3. The van der Waals surface area contributed by atoms with Crippen LogP contribution < -0.4 is 10.0 Å². The van der Waals surface area contributed by atoms with Crippen molar-refractivity contribution in [3.63, 3.8) is 0 Å². The van der Waals surface area contributed by atoms with Crippen molar-refractivity contribution in [3.05, 3.63) is 92.4 Å². The average molecular weight is 656 g/mol. The topological polar surface area (TPSA) is 127 Å². The molecule has 0 aliphatic rings. The number of nitrogens with one attached hydrogen (secondary N) is 2. The molecule has 14 heteroatoms. The van der Waals surface area contributed by atoms with Crippen molar-refractivity contribution in [2.75, 3.05) is 11.8 Å². The maximum atomic E-state index is 13.7. The first-order valence-corrected chi connectivity index (χ1v) is 14.1. The van der Waals surface area contributed by atoms with Gasteiger partial charge in [-0.05, 0) is 57.9 Å². The monoisotopic (exact) mass is 654 g/mol. The number of nitrogens with zero attached hydrogens (tertiary/aromatic N) is 2. The number of fused-ring (bicyclic) bond motifs is 1. The number of amides is 1. The van der Waals surface area contributed by atoms with Crippen LogP contribution in [0, 0.1) is 5.82 Å². The average Bonchev–Trinajstić information content (AvgIpc) is 2.91. The third kappa shape index (κ3) is 6.47. The van der Waals surface area contributed by atoms with Crippen LogP contribution in [0.4, 0.5) is 10.1 Å². The molecule has 202 valence electrons. The molecule has 0 fully saturated rings. The number of esters is 1. The Bertz CT molecular complexity index is 1700. The van der Waals surface area contributed by atoms with Crippen LogP contribution in [0.15, 0.2) is 70.3 Å². The molecule has 1 aromatic heterocycles. The van der Waals surface area contributed by atoms with Gasteiger partial charge in [0.25, 0.3) is 15.9 Å². The number of carbonyl (C=O) groups is 2. The molecule has 1 heterocycles. The summed E-state index contributed by atoms with van der Waals surface area (Å²) in [4.78, 5) is 33.9. The van der Waals surface area contributed by atoms with Crippen molar-refractivity contribution in [3.8, 4) is 0 Å². The van der Waals surface area contributed by atoms with E-state index in [9.17, 15) is 22.4 Å². The zero-order valence-corrected chi connectivity index (χ0v) is 23.8. The Morgan fingerprint density at radius 1 is 1.08 bits per heavy atom. The largest absolute Gasteiger partial charge is 0.467 e. The molecule has 0 saturated carbocycles. The number of methoxy groups -OCH3 is 1. The second-order valence-electron chi connectivity index (χ2n) is 8.10. The third-order valence-electron chi connectivity index (χ3n) is 5.52. The number of carbonyl (C=O) groups excluding carboxylic acids is 2. The van der Waals surface area contributed by atoms with Crippen LogP contribution in [0.25, 0.3) is 11.0 Å². The van der Waals surface area contributed by atoms with Gasteiger partial charge in [-0.3, -0.25) is 19.5 Å². The van der Waals surface area contributed by atoms with E-state index < -0.39 is 33.8 Å². The molecule has 0 aliphatic heterocycles. The SMILES string of the molecule is COC(=O)C(Cc1ccc(F)c(Br)c1)NC(=O)c1cc(Cl)c(Cl)cc1NS(=O)(=O)c1cccc2nccnc12. The summed E-state index contributed by atoms with van der Waals surface area (Å²) in [5.74, 6) is -2.12. The van der Waals surface area contributed by atoms with E-state index in [-0.39, 0.29) is 42.6 Å². The summed E-state index contributed by atoms with van der Waals surface area (Å²) in [6.07, 6.45) is 2.73. The second kappa shape index (κ2) is 11.8. The van der Waals surface area contributed by atoms with Gasteiger partial charge in [-0.1, -0.05) is 35.3 Å². The molecule has 39 heavy (non-hydrogen) atoms. The fourth-order valence-corrected chi connectivity index (χ4v) is 5.67. The van der Waals surface area contributed by atoms with Gasteiger partial charge in [0.05, 0.1) is 38.4 Å². The summed E-state index contributed by atoms with van der Waals surface area (Å²) >= 11 is 15.4. The molecule has 3 aromatic carbocycles. The second-order valence-corrected chi connectivity index (χ2v) is 11.4. The summed E-state index contributed by atoms with van der Waals surface area (Å²) in [6.45, 7) is 0. The van der Waals surface area contributed by atoms with Crippen LogP contribution in [-0.2, 0) is 26.0 Å². The lowest BCUT2D eigenvalue weighted by molar-refractivity contribution is -0.142. The van der Waals surface area contributed by atoms with Crippen LogP contribution >= 0.6 is 39.1 Å². The normalized spacial score (nSPS) is 12.1. The highest BCUT2D eigenvalue weighted by Gasteiger charge is 2.27. The summed E-state index contributed by atoms with van der Waals surface area (Å²) in [5, 5.41) is 2.47. The number of rotatable bonds is 8. The van der Waals surface area contributed by atoms with E-state index in [2.05, 4.69) is 35.9 Å². The van der Waals surface area contributed by atoms with Gasteiger partial charge in [0.2, 0.25) is 0 Å². The number of hydrogen-bond donors (Lipinski definition) is 2. The Morgan fingerprint density at radius 2 is 1.79 bits per heavy atom. The molecule has 1 unspecified atom stereocenters. The molecule has 4 aromatic rings. The Kier molecular flexibility index (Phi) is 8.70. The summed E-state index contributed by atoms with van der Waals surface area (Å²) in [7, 11) is -3.15. The van der Waals surface area contributed by atoms with Gasteiger partial charge in [-0.15, -0.1) is 0 Å². The Morgan fingerprint density at radius 3 is 2.51 bits per heavy atom. The van der Waals surface area contributed by atoms with Crippen LogP contribution in [0.1, 0.15) is 15.9 Å². The van der Waals surface area contributed by atoms with Crippen LogP contribution in [0.3, 0.4) is 0 Å². The highest BCUT2D eigenvalue weighted by molar-refractivity contribution is 9.10. The van der Waals surface area contributed by atoms with E-state index in [1.807, 2.05) is 0 Å². The molecule has 1 atom stereocenters. The molecular formula is C25H18BrCl2FN4O5S. The van der Waals surface area contributed by atoms with E-state index in [1.54, 1.807) is 6.07 Å². The molecule has 4 rings (SSSR count). The molecule has 0 aliphatic carbocycles. The molecule has 0 saturated heterocycles. The fourth-order valence-electron chi connectivity index (χ4n) is 3.68. The minimum atomic E-state index is -4.30. The van der Waals surface area contributed by atoms with Crippen molar-refractivity contribution >= 4 is 77.8 Å².